The van der Waals surface area contributed by atoms with Crippen molar-refractivity contribution in [2.75, 3.05) is 19.5 Å². The fraction of sp³-hybridized carbons (Fsp3) is 0.474. The van der Waals surface area contributed by atoms with Gasteiger partial charge in [-0.3, -0.25) is 4.79 Å². The molecule has 6 nitrogen and oxygen atoms in total. The minimum Gasteiger partial charge on any atom is -0.493 e. The van der Waals surface area contributed by atoms with Crippen LogP contribution in [0.15, 0.2) is 18.3 Å². The Bertz CT molecular complexity index is 843. The van der Waals surface area contributed by atoms with E-state index in [0.29, 0.717) is 29.0 Å². The quantitative estimate of drug-likeness (QED) is 0.872. The number of carbonyl (C=O) groups is 1. The Kier molecular flexibility index (Phi) is 4.53. The van der Waals surface area contributed by atoms with E-state index < -0.39 is 0 Å². The Morgan fingerprint density at radius 1 is 1.19 bits per heavy atom. The van der Waals surface area contributed by atoms with Crippen molar-refractivity contribution in [1.82, 2.24) is 9.78 Å². The molecule has 0 saturated heterocycles. The molecule has 0 spiro atoms. The van der Waals surface area contributed by atoms with Crippen LogP contribution < -0.4 is 14.8 Å². The molecule has 26 heavy (non-hydrogen) atoms. The topological polar surface area (TPSA) is 65.4 Å². The van der Waals surface area contributed by atoms with Crippen LogP contribution in [0, 0.1) is 0 Å². The number of hydrogen-bond donors (Lipinski definition) is 1. The highest BCUT2D eigenvalue weighted by molar-refractivity contribution is 6.33. The number of nitrogens with zero attached hydrogens (tertiary/aromatic N) is 2. The molecule has 1 amide bonds. The lowest BCUT2D eigenvalue weighted by Crippen LogP contribution is -2.25. The van der Waals surface area contributed by atoms with E-state index in [9.17, 15) is 4.79 Å². The summed E-state index contributed by atoms with van der Waals surface area (Å²) in [5.41, 5.74) is 1.86. The summed E-state index contributed by atoms with van der Waals surface area (Å²) in [6.07, 6.45) is 6.82. The number of aromatic nitrogens is 2. The molecule has 138 valence electrons. The molecular formula is C19H22ClN3O3. The molecule has 0 bridgehead atoms. The van der Waals surface area contributed by atoms with Crippen molar-refractivity contribution in [1.29, 1.82) is 0 Å². The van der Waals surface area contributed by atoms with E-state index in [0.717, 1.165) is 29.8 Å². The van der Waals surface area contributed by atoms with Gasteiger partial charge in [0.2, 0.25) is 5.91 Å². The van der Waals surface area contributed by atoms with Crippen LogP contribution in [0.4, 0.5) is 5.82 Å². The molecular weight excluding hydrogens is 354 g/mol. The lowest BCUT2D eigenvalue weighted by Gasteiger charge is -2.26. The highest BCUT2D eigenvalue weighted by Crippen LogP contribution is 2.46. The first-order valence-corrected chi connectivity index (χ1v) is 9.29. The number of benzene rings is 1. The number of rotatable bonds is 4. The van der Waals surface area contributed by atoms with E-state index >= 15 is 0 Å². The van der Waals surface area contributed by atoms with Crippen LogP contribution in [-0.2, 0) is 4.79 Å². The predicted octanol–water partition coefficient (Wildman–Crippen LogP) is 4.14. The SMILES string of the molecule is COc1ccc(C2CC(=O)Nc3c2cnn3C2CCCC2)c(Cl)c1OC. The molecule has 1 aliphatic carbocycles. The first-order chi connectivity index (χ1) is 12.6. The fourth-order valence-corrected chi connectivity index (χ4v) is 4.48. The monoisotopic (exact) mass is 375 g/mol. The smallest absolute Gasteiger partial charge is 0.226 e. The van der Waals surface area contributed by atoms with Gasteiger partial charge in [-0.2, -0.15) is 5.10 Å². The summed E-state index contributed by atoms with van der Waals surface area (Å²) < 4.78 is 12.7. The molecule has 1 aromatic carbocycles. The third-order valence-electron chi connectivity index (χ3n) is 5.41. The van der Waals surface area contributed by atoms with E-state index in [4.69, 9.17) is 21.1 Å². The highest BCUT2D eigenvalue weighted by atomic mass is 35.5. The Labute approximate surface area is 157 Å². The second-order valence-electron chi connectivity index (χ2n) is 6.84. The Balaban J connectivity index is 1.79. The van der Waals surface area contributed by atoms with Gasteiger partial charge in [-0.25, -0.2) is 4.68 Å². The fourth-order valence-electron chi connectivity index (χ4n) is 4.12. The molecule has 1 aliphatic heterocycles. The molecule has 0 radical (unpaired) electrons. The molecule has 1 fully saturated rings. The van der Waals surface area contributed by atoms with Crippen LogP contribution in [0.25, 0.3) is 0 Å². The minimum atomic E-state index is -0.152. The maximum atomic E-state index is 12.4. The van der Waals surface area contributed by atoms with Gasteiger partial charge in [0.05, 0.1) is 31.5 Å². The van der Waals surface area contributed by atoms with E-state index in [-0.39, 0.29) is 11.8 Å². The molecule has 1 unspecified atom stereocenters. The lowest BCUT2D eigenvalue weighted by molar-refractivity contribution is -0.116. The van der Waals surface area contributed by atoms with Gasteiger partial charge in [0, 0.05) is 17.9 Å². The zero-order valence-corrected chi connectivity index (χ0v) is 15.7. The average molecular weight is 376 g/mol. The van der Waals surface area contributed by atoms with Crippen LogP contribution in [0.5, 0.6) is 11.5 Å². The second-order valence-corrected chi connectivity index (χ2v) is 7.22. The minimum absolute atomic E-state index is 0.0203. The van der Waals surface area contributed by atoms with Crippen molar-refractivity contribution in [2.45, 2.75) is 44.1 Å². The Hall–Kier alpha value is -2.21. The van der Waals surface area contributed by atoms with Gasteiger partial charge in [0.1, 0.15) is 5.82 Å². The molecule has 2 aliphatic rings. The van der Waals surface area contributed by atoms with Crippen molar-refractivity contribution in [2.24, 2.45) is 0 Å². The van der Waals surface area contributed by atoms with Crippen LogP contribution in [-0.4, -0.2) is 29.9 Å². The van der Waals surface area contributed by atoms with Gasteiger partial charge in [-0.15, -0.1) is 0 Å². The number of ether oxygens (including phenoxy) is 2. The number of amides is 1. The first-order valence-electron chi connectivity index (χ1n) is 8.91. The molecule has 7 heteroatoms. The normalized spacial score (nSPS) is 20.0. The molecule has 1 aromatic heterocycles. The number of methoxy groups -OCH3 is 2. The third-order valence-corrected chi connectivity index (χ3v) is 5.80. The summed E-state index contributed by atoms with van der Waals surface area (Å²) in [4.78, 5) is 12.4. The number of nitrogens with one attached hydrogen (secondary N) is 1. The van der Waals surface area contributed by atoms with E-state index in [2.05, 4.69) is 10.4 Å². The zero-order valence-electron chi connectivity index (χ0n) is 14.9. The molecule has 1 N–H and O–H groups in total. The van der Waals surface area contributed by atoms with E-state index in [1.165, 1.54) is 12.8 Å². The van der Waals surface area contributed by atoms with Gasteiger partial charge in [0.15, 0.2) is 11.5 Å². The first kappa shape index (κ1) is 17.2. The second kappa shape index (κ2) is 6.83. The van der Waals surface area contributed by atoms with Crippen LogP contribution >= 0.6 is 11.6 Å². The number of carbonyl (C=O) groups excluding carboxylic acids is 1. The predicted molar refractivity (Wildman–Crippen MR) is 99.4 cm³/mol. The van der Waals surface area contributed by atoms with Crippen molar-refractivity contribution in [3.05, 3.63) is 34.5 Å². The standard InChI is InChI=1S/C19H22ClN3O3/c1-25-15-8-7-12(17(20)18(15)26-2)13-9-16(24)22-19-14(13)10-21-23(19)11-5-3-4-6-11/h7-8,10-11,13H,3-6,9H2,1-2H3,(H,22,24). The van der Waals surface area contributed by atoms with E-state index in [1.807, 2.05) is 23.0 Å². The van der Waals surface area contributed by atoms with Crippen LogP contribution in [0.3, 0.4) is 0 Å². The highest BCUT2D eigenvalue weighted by Gasteiger charge is 2.34. The molecule has 2 heterocycles. The van der Waals surface area contributed by atoms with Crippen molar-refractivity contribution >= 4 is 23.3 Å². The van der Waals surface area contributed by atoms with Gasteiger partial charge >= 0.3 is 0 Å². The van der Waals surface area contributed by atoms with Gasteiger partial charge in [-0.05, 0) is 24.5 Å². The number of hydrogen-bond acceptors (Lipinski definition) is 4. The Morgan fingerprint density at radius 2 is 1.96 bits per heavy atom. The number of fused-ring (bicyclic) bond motifs is 1. The summed E-state index contributed by atoms with van der Waals surface area (Å²) in [5, 5.41) is 8.10. The summed E-state index contributed by atoms with van der Waals surface area (Å²) in [6, 6.07) is 4.09. The molecule has 1 saturated carbocycles. The average Bonchev–Trinajstić information content (AvgIpc) is 3.29. The summed E-state index contributed by atoms with van der Waals surface area (Å²) in [6.45, 7) is 0. The largest absolute Gasteiger partial charge is 0.493 e. The van der Waals surface area contributed by atoms with Crippen molar-refractivity contribution in [3.63, 3.8) is 0 Å². The van der Waals surface area contributed by atoms with Crippen LogP contribution in [0.2, 0.25) is 5.02 Å². The zero-order chi connectivity index (χ0) is 18.3. The lowest BCUT2D eigenvalue weighted by atomic mass is 9.87. The van der Waals surface area contributed by atoms with Crippen molar-refractivity contribution < 1.29 is 14.3 Å². The van der Waals surface area contributed by atoms with Crippen molar-refractivity contribution in [3.8, 4) is 11.5 Å². The molecule has 2 aromatic rings. The number of halogens is 1. The number of anilines is 1. The summed E-state index contributed by atoms with van der Waals surface area (Å²) in [5.74, 6) is 1.70. The summed E-state index contributed by atoms with van der Waals surface area (Å²) >= 11 is 6.61. The third kappa shape index (κ3) is 2.72. The molecule has 1 atom stereocenters. The van der Waals surface area contributed by atoms with Crippen LogP contribution in [0.1, 0.15) is 55.2 Å². The Morgan fingerprint density at radius 3 is 2.65 bits per heavy atom. The maximum absolute atomic E-state index is 12.4. The summed E-state index contributed by atoms with van der Waals surface area (Å²) in [7, 11) is 3.14. The maximum Gasteiger partial charge on any atom is 0.226 e. The van der Waals surface area contributed by atoms with Gasteiger partial charge in [-0.1, -0.05) is 30.5 Å². The van der Waals surface area contributed by atoms with Gasteiger partial charge in [0.25, 0.3) is 0 Å². The van der Waals surface area contributed by atoms with Gasteiger partial charge < -0.3 is 14.8 Å². The molecule has 4 rings (SSSR count). The van der Waals surface area contributed by atoms with E-state index in [1.54, 1.807) is 14.2 Å².